The van der Waals surface area contributed by atoms with Crippen molar-refractivity contribution in [3.05, 3.63) is 27.7 Å². The molecule has 0 unspecified atom stereocenters. The van der Waals surface area contributed by atoms with Crippen LogP contribution in [0.1, 0.15) is 41.7 Å². The van der Waals surface area contributed by atoms with Gasteiger partial charge in [0.1, 0.15) is 5.65 Å². The summed E-state index contributed by atoms with van der Waals surface area (Å²) < 4.78 is 6.67. The van der Waals surface area contributed by atoms with Crippen molar-refractivity contribution in [3.8, 4) is 0 Å². The number of aromatic nitrogens is 3. The van der Waals surface area contributed by atoms with Gasteiger partial charge in [-0.2, -0.15) is 4.98 Å². The number of hydrogen-bond donors (Lipinski definition) is 3. The topological polar surface area (TPSA) is 147 Å². The molecule has 2 aromatic heterocycles. The van der Waals surface area contributed by atoms with Gasteiger partial charge in [-0.25, -0.2) is 9.78 Å². The summed E-state index contributed by atoms with van der Waals surface area (Å²) in [6.45, 7) is 4.16. The van der Waals surface area contributed by atoms with Crippen molar-refractivity contribution in [2.24, 2.45) is 0 Å². The van der Waals surface area contributed by atoms with Crippen molar-refractivity contribution in [1.82, 2.24) is 19.4 Å². The molecule has 0 spiro atoms. The van der Waals surface area contributed by atoms with E-state index in [1.165, 1.54) is 16.4 Å². The number of ketones is 1. The Balaban J connectivity index is 1.83. The number of amides is 1. The fourth-order valence-corrected chi connectivity index (χ4v) is 4.34. The molecule has 4 heterocycles. The van der Waals surface area contributed by atoms with E-state index in [-0.39, 0.29) is 36.5 Å². The third-order valence-electron chi connectivity index (χ3n) is 6.00. The highest BCUT2D eigenvalue weighted by Gasteiger charge is 2.31. The number of aryl methyl sites for hydroxylation is 1. The van der Waals surface area contributed by atoms with Gasteiger partial charge in [-0.15, -0.1) is 0 Å². The predicted octanol–water partition coefficient (Wildman–Crippen LogP) is 0.789. The van der Waals surface area contributed by atoms with E-state index in [9.17, 15) is 24.6 Å². The van der Waals surface area contributed by atoms with Crippen LogP contribution in [0.2, 0.25) is 0 Å². The maximum absolute atomic E-state index is 13.3. The SMILES string of the molecule is CC(=O)c1c(C)c2cnc(N[C@@H]3CCOC[C@H]3O)nc2n([C@H]2CCN(C(=O)O)C2)c1=O. The first-order valence-electron chi connectivity index (χ1n) is 10.2. The molecule has 11 heteroatoms. The number of pyridine rings is 1. The van der Waals surface area contributed by atoms with Crippen molar-refractivity contribution >= 4 is 28.9 Å². The zero-order valence-electron chi connectivity index (χ0n) is 17.4. The molecular weight excluding hydrogens is 406 g/mol. The third-order valence-corrected chi connectivity index (χ3v) is 6.00. The second-order valence-electron chi connectivity index (χ2n) is 8.02. The molecule has 3 N–H and O–H groups in total. The number of carbonyl (C=O) groups is 2. The van der Waals surface area contributed by atoms with E-state index in [0.29, 0.717) is 42.6 Å². The lowest BCUT2D eigenvalue weighted by atomic mass is 10.0. The predicted molar refractivity (Wildman–Crippen MR) is 111 cm³/mol. The summed E-state index contributed by atoms with van der Waals surface area (Å²) in [5.41, 5.74) is 0.411. The average molecular weight is 431 g/mol. The molecule has 2 aliphatic rings. The van der Waals surface area contributed by atoms with E-state index < -0.39 is 23.8 Å². The van der Waals surface area contributed by atoms with Gasteiger partial charge in [-0.05, 0) is 32.3 Å². The quantitative estimate of drug-likeness (QED) is 0.598. The number of fused-ring (bicyclic) bond motifs is 1. The average Bonchev–Trinajstić information content (AvgIpc) is 3.19. The van der Waals surface area contributed by atoms with Crippen LogP contribution in [0.3, 0.4) is 0 Å². The number of nitrogens with one attached hydrogen (secondary N) is 1. The standard InChI is InChI=1S/C20H25N5O6/c1-10-13-7-21-19(22-14-4-6-31-9-15(14)27)23-17(13)25(18(28)16(10)11(2)26)12-3-5-24(8-12)20(29)30/h7,12,14-15,27H,3-6,8-9H2,1-2H3,(H,29,30)(H,21,22,23)/t12-,14+,15+/m0/s1. The molecule has 3 atom stereocenters. The molecule has 2 aromatic rings. The Bertz CT molecular complexity index is 1100. The van der Waals surface area contributed by atoms with Crippen LogP contribution in [0.25, 0.3) is 11.0 Å². The molecule has 0 aliphatic carbocycles. The van der Waals surface area contributed by atoms with Crippen LogP contribution in [-0.2, 0) is 4.74 Å². The molecular formula is C20H25N5O6. The number of aliphatic hydroxyl groups excluding tert-OH is 1. The number of rotatable bonds is 4. The van der Waals surface area contributed by atoms with Crippen LogP contribution >= 0.6 is 0 Å². The minimum absolute atomic E-state index is 0.0606. The summed E-state index contributed by atoms with van der Waals surface area (Å²) in [4.78, 5) is 47.0. The lowest BCUT2D eigenvalue weighted by molar-refractivity contribution is -0.0136. The normalized spacial score (nSPS) is 23.8. The molecule has 1 amide bonds. The van der Waals surface area contributed by atoms with E-state index in [1.807, 2.05) is 0 Å². The minimum atomic E-state index is -1.05. The number of Topliss-reactive ketones (excluding diaryl/α,β-unsaturated/α-hetero) is 1. The molecule has 0 aromatic carbocycles. The Labute approximate surface area is 177 Å². The van der Waals surface area contributed by atoms with Crippen LogP contribution in [0.5, 0.6) is 0 Å². The molecule has 0 bridgehead atoms. The van der Waals surface area contributed by atoms with Crippen LogP contribution in [0.15, 0.2) is 11.0 Å². The zero-order chi connectivity index (χ0) is 22.3. The van der Waals surface area contributed by atoms with Gasteiger partial charge in [0, 0.05) is 31.3 Å². The molecule has 4 rings (SSSR count). The summed E-state index contributed by atoms with van der Waals surface area (Å²) in [5.74, 6) is -0.117. The highest BCUT2D eigenvalue weighted by Crippen LogP contribution is 2.27. The number of likely N-dealkylation sites (tertiary alicyclic amines) is 1. The van der Waals surface area contributed by atoms with E-state index in [2.05, 4.69) is 15.3 Å². The van der Waals surface area contributed by atoms with Gasteiger partial charge < -0.3 is 25.2 Å². The van der Waals surface area contributed by atoms with Crippen molar-refractivity contribution in [2.75, 3.05) is 31.6 Å². The van der Waals surface area contributed by atoms with Gasteiger partial charge >= 0.3 is 6.09 Å². The molecule has 166 valence electrons. The van der Waals surface area contributed by atoms with Gasteiger partial charge in [0.15, 0.2) is 5.78 Å². The summed E-state index contributed by atoms with van der Waals surface area (Å²) >= 11 is 0. The number of aliphatic hydroxyl groups is 1. The fraction of sp³-hybridized carbons (Fsp3) is 0.550. The Morgan fingerprint density at radius 1 is 1.32 bits per heavy atom. The van der Waals surface area contributed by atoms with Gasteiger partial charge in [0.2, 0.25) is 5.95 Å². The zero-order valence-corrected chi connectivity index (χ0v) is 17.4. The van der Waals surface area contributed by atoms with Gasteiger partial charge in [0.05, 0.1) is 30.4 Å². The lowest BCUT2D eigenvalue weighted by Crippen LogP contribution is -2.42. The molecule has 0 saturated carbocycles. The number of hydrogen-bond acceptors (Lipinski definition) is 8. The first-order chi connectivity index (χ1) is 14.8. The highest BCUT2D eigenvalue weighted by molar-refractivity contribution is 5.99. The van der Waals surface area contributed by atoms with E-state index in [0.717, 1.165) is 0 Å². The van der Waals surface area contributed by atoms with Crippen molar-refractivity contribution < 1.29 is 24.5 Å². The molecule has 2 aliphatic heterocycles. The summed E-state index contributed by atoms with van der Waals surface area (Å²) in [6, 6.07) is -0.737. The Kier molecular flexibility index (Phi) is 5.63. The maximum atomic E-state index is 13.3. The lowest BCUT2D eigenvalue weighted by Gasteiger charge is -2.28. The number of ether oxygens (including phenoxy) is 1. The number of carboxylic acid groups (broad SMARTS) is 1. The summed E-state index contributed by atoms with van der Waals surface area (Å²) in [6.07, 6.45) is 0.805. The molecule has 2 saturated heterocycles. The highest BCUT2D eigenvalue weighted by atomic mass is 16.5. The van der Waals surface area contributed by atoms with Crippen LogP contribution in [-0.4, -0.2) is 80.0 Å². The minimum Gasteiger partial charge on any atom is -0.465 e. The molecule has 31 heavy (non-hydrogen) atoms. The van der Waals surface area contributed by atoms with Crippen LogP contribution in [0.4, 0.5) is 10.7 Å². The second kappa shape index (κ2) is 8.23. The second-order valence-corrected chi connectivity index (χ2v) is 8.02. The largest absolute Gasteiger partial charge is 0.465 e. The van der Waals surface area contributed by atoms with Crippen molar-refractivity contribution in [2.45, 2.75) is 44.9 Å². The van der Waals surface area contributed by atoms with E-state index in [1.54, 1.807) is 13.1 Å². The maximum Gasteiger partial charge on any atom is 0.407 e. The van der Waals surface area contributed by atoms with Gasteiger partial charge in [0.25, 0.3) is 5.56 Å². The van der Waals surface area contributed by atoms with E-state index >= 15 is 0 Å². The van der Waals surface area contributed by atoms with Crippen LogP contribution in [0, 0.1) is 6.92 Å². The first-order valence-corrected chi connectivity index (χ1v) is 10.2. The number of nitrogens with zero attached hydrogens (tertiary/aromatic N) is 4. The van der Waals surface area contributed by atoms with Crippen molar-refractivity contribution in [1.29, 1.82) is 0 Å². The fourth-order valence-electron chi connectivity index (χ4n) is 4.34. The van der Waals surface area contributed by atoms with Gasteiger partial charge in [-0.1, -0.05) is 0 Å². The summed E-state index contributed by atoms with van der Waals surface area (Å²) in [7, 11) is 0. The number of carbonyl (C=O) groups excluding carboxylic acids is 1. The Morgan fingerprint density at radius 2 is 2.10 bits per heavy atom. The van der Waals surface area contributed by atoms with Crippen LogP contribution < -0.4 is 10.9 Å². The number of anilines is 1. The third kappa shape index (κ3) is 3.86. The monoisotopic (exact) mass is 431 g/mol. The first kappa shape index (κ1) is 21.2. The smallest absolute Gasteiger partial charge is 0.407 e. The van der Waals surface area contributed by atoms with E-state index in [4.69, 9.17) is 4.74 Å². The van der Waals surface area contributed by atoms with Crippen molar-refractivity contribution in [3.63, 3.8) is 0 Å². The Hall–Kier alpha value is -3.05. The Morgan fingerprint density at radius 3 is 2.74 bits per heavy atom. The molecule has 0 radical (unpaired) electrons. The summed E-state index contributed by atoms with van der Waals surface area (Å²) in [5, 5.41) is 23.1. The molecule has 2 fully saturated rings. The molecule has 11 nitrogen and oxygen atoms in total. The van der Waals surface area contributed by atoms with Gasteiger partial charge in [-0.3, -0.25) is 14.2 Å².